The van der Waals surface area contributed by atoms with Gasteiger partial charge in [0.05, 0.1) is 18.4 Å². The van der Waals surface area contributed by atoms with Gasteiger partial charge in [-0.2, -0.15) is 0 Å². The van der Waals surface area contributed by atoms with Gasteiger partial charge in [-0.1, -0.05) is 18.2 Å². The van der Waals surface area contributed by atoms with Crippen LogP contribution < -0.4 is 15.0 Å². The number of benzene rings is 2. The van der Waals surface area contributed by atoms with Gasteiger partial charge in [-0.3, -0.25) is 24.0 Å². The Kier molecular flexibility index (Phi) is 8.86. The maximum absolute atomic E-state index is 13.1. The molecule has 1 unspecified atom stereocenters. The summed E-state index contributed by atoms with van der Waals surface area (Å²) in [6.07, 6.45) is -5.32. The van der Waals surface area contributed by atoms with Crippen molar-refractivity contribution in [2.45, 2.75) is 24.7 Å². The van der Waals surface area contributed by atoms with Crippen molar-refractivity contribution in [1.82, 2.24) is 5.32 Å². The molecule has 2 aromatic carbocycles. The van der Waals surface area contributed by atoms with Gasteiger partial charge >= 0.3 is 0 Å². The Bertz CT molecular complexity index is 1250. The topological polar surface area (TPSA) is 186 Å². The molecule has 2 amide bonds. The predicted octanol–water partition coefficient (Wildman–Crippen LogP) is 0.103. The quantitative estimate of drug-likeness (QED) is 0.106. The minimum absolute atomic E-state index is 0.220. The van der Waals surface area contributed by atoms with Crippen molar-refractivity contribution in [2.75, 3.05) is 11.5 Å². The molecule has 192 valence electrons. The fourth-order valence-electron chi connectivity index (χ4n) is 3.23. The monoisotopic (exact) mass is 537 g/mol. The first kappa shape index (κ1) is 27.3. The van der Waals surface area contributed by atoms with Gasteiger partial charge in [0, 0.05) is 6.42 Å². The van der Waals surface area contributed by atoms with E-state index in [1.807, 2.05) is 6.07 Å². The first-order valence-corrected chi connectivity index (χ1v) is 12.1. The summed E-state index contributed by atoms with van der Waals surface area (Å²) < 4.78 is 42.5. The van der Waals surface area contributed by atoms with Crippen molar-refractivity contribution in [1.29, 1.82) is 0 Å². The van der Waals surface area contributed by atoms with Crippen molar-refractivity contribution in [2.24, 2.45) is 0 Å². The second kappa shape index (κ2) is 11.7. The maximum atomic E-state index is 13.1. The number of ether oxygens (including phenoxy) is 1. The fraction of sp³-hybridized carbons (Fsp3) is 0.227. The number of aliphatic hydroxyl groups excluding tert-OH is 3. The summed E-state index contributed by atoms with van der Waals surface area (Å²) in [5.74, 6) is -0.755. The first-order valence-electron chi connectivity index (χ1n) is 10.3. The van der Waals surface area contributed by atoms with Gasteiger partial charge in [0.25, 0.3) is 11.8 Å². The second-order valence-corrected chi connectivity index (χ2v) is 8.88. The number of rotatable bonds is 10. The lowest BCUT2D eigenvalue weighted by Gasteiger charge is -2.29. The molecule has 0 spiro atoms. The van der Waals surface area contributed by atoms with E-state index in [9.17, 15) is 32.8 Å². The zero-order valence-electron chi connectivity index (χ0n) is 18.4. The number of nitrogens with zero attached hydrogens (tertiary/aromatic N) is 1. The van der Waals surface area contributed by atoms with Gasteiger partial charge in [0.15, 0.2) is 5.11 Å². The molecule has 0 bridgehead atoms. The number of carbonyl (C=O) groups excluding carboxylic acids is 2. The third kappa shape index (κ3) is 7.14. The molecule has 0 radical (unpaired) electrons. The zero-order valence-corrected chi connectivity index (χ0v) is 20.0. The molecule has 0 saturated carbocycles. The molecule has 1 fully saturated rings. The summed E-state index contributed by atoms with van der Waals surface area (Å²) >= 11 is 5.12. The van der Waals surface area contributed by atoms with Gasteiger partial charge in [-0.05, 0) is 54.7 Å². The normalized spacial score (nSPS) is 18.1. The molecule has 4 N–H and O–H groups in total. The Balaban J connectivity index is 1.79. The smallest absolute Gasteiger partial charge is 0.269 e. The summed E-state index contributed by atoms with van der Waals surface area (Å²) in [6.45, 7) is -0.977. The number of aliphatic hydroxyl groups is 3. The second-order valence-electron chi connectivity index (χ2n) is 7.49. The molecule has 14 heteroatoms. The van der Waals surface area contributed by atoms with Crippen LogP contribution in [0.1, 0.15) is 6.42 Å². The summed E-state index contributed by atoms with van der Waals surface area (Å²) in [6, 6.07) is 15.2. The molecular formula is C22H21N2O10S2-. The Hall–Kier alpha value is -3.24. The Morgan fingerprint density at radius 2 is 1.67 bits per heavy atom. The number of hydrogen-bond donors (Lipinski definition) is 4. The molecule has 2 aromatic rings. The van der Waals surface area contributed by atoms with Crippen LogP contribution in [0.5, 0.6) is 11.5 Å². The van der Waals surface area contributed by atoms with Gasteiger partial charge in [0.1, 0.15) is 29.3 Å². The van der Waals surface area contributed by atoms with Crippen LogP contribution in [-0.4, -0.2) is 70.1 Å². The van der Waals surface area contributed by atoms with Crippen LogP contribution in [0.3, 0.4) is 0 Å². The highest BCUT2D eigenvalue weighted by Crippen LogP contribution is 2.27. The van der Waals surface area contributed by atoms with E-state index in [0.717, 1.165) is 11.0 Å². The molecule has 36 heavy (non-hydrogen) atoms. The van der Waals surface area contributed by atoms with Crippen LogP contribution in [0, 0.1) is 0 Å². The average Bonchev–Trinajstić information content (AvgIpc) is 2.81. The zero-order chi connectivity index (χ0) is 26.5. The minimum Gasteiger partial charge on any atom is -0.726 e. The van der Waals surface area contributed by atoms with Crippen molar-refractivity contribution in [3.05, 3.63) is 66.2 Å². The van der Waals surface area contributed by atoms with E-state index in [0.29, 0.717) is 11.5 Å². The van der Waals surface area contributed by atoms with E-state index in [-0.39, 0.29) is 10.8 Å². The van der Waals surface area contributed by atoms with Gasteiger partial charge in [-0.15, -0.1) is 0 Å². The number of thiocarbonyl (C=S) groups is 1. The highest BCUT2D eigenvalue weighted by Gasteiger charge is 2.35. The number of amides is 2. The average molecular weight is 538 g/mol. The summed E-state index contributed by atoms with van der Waals surface area (Å²) in [5, 5.41) is 31.1. The number of nitrogens with one attached hydrogen (secondary N) is 1. The SMILES string of the molecule is O=C1NC(=S)N(c2ccc(Oc3ccccc3)cc2)C(=O)/C1=C\C(O)C[C@@H](OS(=O)(=O)[O-])[C@H](O)CO. The van der Waals surface area contributed by atoms with Gasteiger partial charge in [-0.25, -0.2) is 8.42 Å². The summed E-state index contributed by atoms with van der Waals surface area (Å²) in [5.41, 5.74) is -0.261. The third-order valence-electron chi connectivity index (χ3n) is 4.87. The molecule has 1 aliphatic rings. The van der Waals surface area contributed by atoms with Crippen LogP contribution >= 0.6 is 12.2 Å². The largest absolute Gasteiger partial charge is 0.726 e. The molecule has 0 aliphatic carbocycles. The van der Waals surface area contributed by atoms with E-state index in [1.165, 1.54) is 12.1 Å². The third-order valence-corrected chi connectivity index (χ3v) is 5.63. The lowest BCUT2D eigenvalue weighted by molar-refractivity contribution is -0.122. The lowest BCUT2D eigenvalue weighted by Crippen LogP contribution is -2.54. The number of carbonyl (C=O) groups is 2. The Morgan fingerprint density at radius 1 is 1.06 bits per heavy atom. The van der Waals surface area contributed by atoms with Crippen molar-refractivity contribution < 1.29 is 46.8 Å². The van der Waals surface area contributed by atoms with Crippen molar-refractivity contribution >= 4 is 45.2 Å². The van der Waals surface area contributed by atoms with Gasteiger partial charge in [0.2, 0.25) is 10.4 Å². The van der Waals surface area contributed by atoms with E-state index in [2.05, 4.69) is 9.50 Å². The number of hydrogen-bond acceptors (Lipinski definition) is 11. The van der Waals surface area contributed by atoms with Crippen LogP contribution in [0.15, 0.2) is 66.2 Å². The summed E-state index contributed by atoms with van der Waals surface area (Å²) in [7, 11) is -5.29. The fourth-order valence-corrected chi connectivity index (χ4v) is 4.02. The standard InChI is InChI=1S/C22H22N2O10S2/c25-12-18(27)19(34-36(30,31)32)11-14(26)10-17-20(28)23-22(35)24(21(17)29)13-6-8-16(9-7-13)33-15-4-2-1-3-5-15/h1-10,14,18-19,25-27H,11-12H2,(H,23,28,35)(H,30,31,32)/p-1/b17-10-/t14?,18-,19-/m1/s1. The van der Waals surface area contributed by atoms with Crippen molar-refractivity contribution in [3.63, 3.8) is 0 Å². The molecule has 1 aliphatic heterocycles. The minimum atomic E-state index is -5.29. The van der Waals surface area contributed by atoms with E-state index < -0.39 is 59.1 Å². The molecule has 3 atom stereocenters. The van der Waals surface area contributed by atoms with Crippen LogP contribution in [-0.2, 0) is 24.2 Å². The van der Waals surface area contributed by atoms with E-state index >= 15 is 0 Å². The molecule has 3 rings (SSSR count). The van der Waals surface area contributed by atoms with E-state index in [4.69, 9.17) is 22.1 Å². The first-order chi connectivity index (χ1) is 17.0. The molecule has 0 aromatic heterocycles. The lowest BCUT2D eigenvalue weighted by atomic mass is 10.0. The Labute approximate surface area is 211 Å². The van der Waals surface area contributed by atoms with Crippen LogP contribution in [0.2, 0.25) is 0 Å². The predicted molar refractivity (Wildman–Crippen MR) is 128 cm³/mol. The number of para-hydroxylation sites is 1. The molecule has 1 saturated heterocycles. The van der Waals surface area contributed by atoms with E-state index in [1.54, 1.807) is 36.4 Å². The highest BCUT2D eigenvalue weighted by atomic mass is 32.3. The maximum Gasteiger partial charge on any atom is 0.269 e. The van der Waals surface area contributed by atoms with Crippen LogP contribution in [0.4, 0.5) is 5.69 Å². The molecular weight excluding hydrogens is 516 g/mol. The number of anilines is 1. The van der Waals surface area contributed by atoms with Gasteiger partial charge < -0.3 is 24.6 Å². The Morgan fingerprint density at radius 3 is 2.25 bits per heavy atom. The van der Waals surface area contributed by atoms with Crippen LogP contribution in [0.25, 0.3) is 0 Å². The molecule has 1 heterocycles. The van der Waals surface area contributed by atoms with Crippen molar-refractivity contribution in [3.8, 4) is 11.5 Å². The summed E-state index contributed by atoms with van der Waals surface area (Å²) in [4.78, 5) is 26.4. The highest BCUT2D eigenvalue weighted by molar-refractivity contribution is 7.81. The molecule has 12 nitrogen and oxygen atoms in total.